The average molecular weight is 416 g/mol. The van der Waals surface area contributed by atoms with Crippen LogP contribution in [0.5, 0.6) is 0 Å². The summed E-state index contributed by atoms with van der Waals surface area (Å²) in [6, 6.07) is 17.8. The molecule has 6 heteroatoms. The van der Waals surface area contributed by atoms with E-state index in [1.807, 2.05) is 42.5 Å². The molecule has 4 rings (SSSR count). The van der Waals surface area contributed by atoms with Gasteiger partial charge in [0.2, 0.25) is 5.91 Å². The van der Waals surface area contributed by atoms with E-state index in [1.54, 1.807) is 24.1 Å². The highest BCUT2D eigenvalue weighted by molar-refractivity contribution is 7.15. The number of halogens is 2. The van der Waals surface area contributed by atoms with Crippen LogP contribution >= 0.6 is 22.9 Å². The fraction of sp³-hybridized carbons (Fsp3) is 0.227. The molecule has 1 aromatic heterocycles. The van der Waals surface area contributed by atoms with Crippen LogP contribution in [0, 0.1) is 5.82 Å². The summed E-state index contributed by atoms with van der Waals surface area (Å²) in [5.74, 6) is -0.501. The molecule has 0 saturated carbocycles. The molecule has 3 aromatic rings. The minimum Gasteiger partial charge on any atom is -0.385 e. The number of thiophene rings is 1. The third-order valence-electron chi connectivity index (χ3n) is 5.32. The zero-order chi connectivity index (χ0) is 19.8. The molecule has 0 bridgehead atoms. The van der Waals surface area contributed by atoms with Crippen molar-refractivity contribution >= 4 is 28.8 Å². The largest absolute Gasteiger partial charge is 0.385 e. The molecule has 28 heavy (non-hydrogen) atoms. The van der Waals surface area contributed by atoms with E-state index in [9.17, 15) is 14.3 Å². The van der Waals surface area contributed by atoms with Gasteiger partial charge in [-0.1, -0.05) is 48.0 Å². The minimum absolute atomic E-state index is 0.0278. The van der Waals surface area contributed by atoms with Crippen LogP contribution in [0.4, 0.5) is 4.39 Å². The zero-order valence-corrected chi connectivity index (χ0v) is 16.8. The van der Waals surface area contributed by atoms with E-state index in [0.29, 0.717) is 6.42 Å². The van der Waals surface area contributed by atoms with Gasteiger partial charge in [0.15, 0.2) is 0 Å². The first kappa shape index (κ1) is 19.1. The maximum absolute atomic E-state index is 13.4. The van der Waals surface area contributed by atoms with E-state index in [-0.39, 0.29) is 22.9 Å². The fourth-order valence-electron chi connectivity index (χ4n) is 3.82. The van der Waals surface area contributed by atoms with Crippen LogP contribution in [0.15, 0.2) is 60.7 Å². The SMILES string of the molecule is CN1C(=O)C[C@H](c2ccccc2)[C@@H]1C(O)c1ccc(-c2ccc(F)c(Cl)c2)s1. The highest BCUT2D eigenvalue weighted by atomic mass is 35.5. The number of likely N-dealkylation sites (tertiary alicyclic amines) is 1. The molecule has 144 valence electrons. The first-order valence-electron chi connectivity index (χ1n) is 8.99. The van der Waals surface area contributed by atoms with Crippen LogP contribution in [-0.2, 0) is 4.79 Å². The first-order valence-corrected chi connectivity index (χ1v) is 10.2. The number of nitrogens with zero attached hydrogens (tertiary/aromatic N) is 1. The van der Waals surface area contributed by atoms with Gasteiger partial charge in [0.25, 0.3) is 0 Å². The summed E-state index contributed by atoms with van der Waals surface area (Å²) in [6.07, 6.45) is -0.426. The summed E-state index contributed by atoms with van der Waals surface area (Å²) in [5.41, 5.74) is 1.84. The van der Waals surface area contributed by atoms with E-state index in [1.165, 1.54) is 17.4 Å². The third-order valence-corrected chi connectivity index (χ3v) is 6.82. The minimum atomic E-state index is -0.809. The number of aliphatic hydroxyl groups is 1. The molecule has 1 aliphatic heterocycles. The van der Waals surface area contributed by atoms with Gasteiger partial charge in [0, 0.05) is 29.1 Å². The Hall–Kier alpha value is -2.21. The van der Waals surface area contributed by atoms with Crippen molar-refractivity contribution in [2.24, 2.45) is 0 Å². The molecule has 1 aliphatic rings. The molecule has 0 aliphatic carbocycles. The van der Waals surface area contributed by atoms with Gasteiger partial charge in [-0.15, -0.1) is 11.3 Å². The van der Waals surface area contributed by atoms with Gasteiger partial charge < -0.3 is 10.0 Å². The van der Waals surface area contributed by atoms with Crippen LogP contribution in [0.1, 0.15) is 28.9 Å². The average Bonchev–Trinajstić information content (AvgIpc) is 3.30. The summed E-state index contributed by atoms with van der Waals surface area (Å²) in [6.45, 7) is 0. The lowest BCUT2D eigenvalue weighted by Gasteiger charge is -2.29. The molecule has 0 radical (unpaired) electrons. The molecule has 1 saturated heterocycles. The second kappa shape index (κ2) is 7.66. The predicted octanol–water partition coefficient (Wildman–Crippen LogP) is 5.26. The van der Waals surface area contributed by atoms with Crippen molar-refractivity contribution in [2.45, 2.75) is 24.5 Å². The van der Waals surface area contributed by atoms with Crippen LogP contribution in [0.25, 0.3) is 10.4 Å². The summed E-state index contributed by atoms with van der Waals surface area (Å²) in [4.78, 5) is 15.7. The molecule has 2 aromatic carbocycles. The molecule has 3 nitrogen and oxygen atoms in total. The maximum atomic E-state index is 13.4. The molecule has 1 unspecified atom stereocenters. The zero-order valence-electron chi connectivity index (χ0n) is 15.2. The van der Waals surface area contributed by atoms with E-state index in [2.05, 4.69) is 0 Å². The van der Waals surface area contributed by atoms with Crippen molar-refractivity contribution in [1.29, 1.82) is 0 Å². The maximum Gasteiger partial charge on any atom is 0.223 e. The third kappa shape index (κ3) is 3.46. The molecular weight excluding hydrogens is 397 g/mol. The second-order valence-electron chi connectivity index (χ2n) is 6.99. The Labute approximate surface area is 172 Å². The lowest BCUT2D eigenvalue weighted by atomic mass is 9.88. The Morgan fingerprint density at radius 1 is 1.18 bits per heavy atom. The molecule has 3 atom stereocenters. The number of likely N-dealkylation sites (N-methyl/N-ethyl adjacent to an activating group) is 1. The van der Waals surface area contributed by atoms with Crippen molar-refractivity contribution in [1.82, 2.24) is 4.90 Å². The van der Waals surface area contributed by atoms with Crippen LogP contribution in [-0.4, -0.2) is 29.0 Å². The van der Waals surface area contributed by atoms with Crippen molar-refractivity contribution in [3.8, 4) is 10.4 Å². The van der Waals surface area contributed by atoms with Gasteiger partial charge in [-0.05, 0) is 35.4 Å². The van der Waals surface area contributed by atoms with Crippen molar-refractivity contribution < 1.29 is 14.3 Å². The number of hydrogen-bond donors (Lipinski definition) is 1. The monoisotopic (exact) mass is 415 g/mol. The van der Waals surface area contributed by atoms with Crippen LogP contribution in [0.2, 0.25) is 5.02 Å². The van der Waals surface area contributed by atoms with E-state index < -0.39 is 11.9 Å². The normalized spacial score (nSPS) is 20.6. The molecule has 1 amide bonds. The number of carbonyl (C=O) groups is 1. The van der Waals surface area contributed by atoms with Crippen molar-refractivity contribution in [3.63, 3.8) is 0 Å². The van der Waals surface area contributed by atoms with E-state index in [0.717, 1.165) is 20.9 Å². The van der Waals surface area contributed by atoms with Gasteiger partial charge in [-0.3, -0.25) is 4.79 Å². The van der Waals surface area contributed by atoms with Crippen molar-refractivity contribution in [2.75, 3.05) is 7.05 Å². The predicted molar refractivity (Wildman–Crippen MR) is 110 cm³/mol. The molecular formula is C22H19ClFNO2S. The quantitative estimate of drug-likeness (QED) is 0.631. The number of rotatable bonds is 4. The van der Waals surface area contributed by atoms with E-state index >= 15 is 0 Å². The van der Waals surface area contributed by atoms with Gasteiger partial charge in [-0.25, -0.2) is 4.39 Å². The van der Waals surface area contributed by atoms with Gasteiger partial charge in [-0.2, -0.15) is 0 Å². The Bertz CT molecular complexity index is 1010. The Morgan fingerprint density at radius 2 is 1.93 bits per heavy atom. The number of amides is 1. The first-order chi connectivity index (χ1) is 13.5. The standard InChI is InChI=1S/C22H19ClFNO2S/c1-25-20(26)12-15(13-5-3-2-4-6-13)21(25)22(27)19-10-9-18(28-19)14-7-8-17(24)16(23)11-14/h2-11,15,21-22,27H,12H2,1H3/t15-,21-,22?/m1/s1. The highest BCUT2D eigenvalue weighted by Crippen LogP contribution is 2.42. The van der Waals surface area contributed by atoms with E-state index in [4.69, 9.17) is 11.6 Å². The number of benzene rings is 2. The Kier molecular flexibility index (Phi) is 5.23. The molecule has 1 N–H and O–H groups in total. The summed E-state index contributed by atoms with van der Waals surface area (Å²) in [5, 5.41) is 11.2. The number of hydrogen-bond acceptors (Lipinski definition) is 3. The highest BCUT2D eigenvalue weighted by Gasteiger charge is 2.43. The van der Waals surface area contributed by atoms with Gasteiger partial charge in [0.05, 0.1) is 11.1 Å². The van der Waals surface area contributed by atoms with Gasteiger partial charge in [0.1, 0.15) is 11.9 Å². The molecule has 0 spiro atoms. The molecule has 1 fully saturated rings. The summed E-state index contributed by atoms with van der Waals surface area (Å²) < 4.78 is 13.4. The number of carbonyl (C=O) groups excluding carboxylic acids is 1. The lowest BCUT2D eigenvalue weighted by Crippen LogP contribution is -2.36. The van der Waals surface area contributed by atoms with Gasteiger partial charge >= 0.3 is 0 Å². The molecule has 2 heterocycles. The van der Waals surface area contributed by atoms with Crippen LogP contribution < -0.4 is 0 Å². The fourth-order valence-corrected chi connectivity index (χ4v) is 5.03. The second-order valence-corrected chi connectivity index (χ2v) is 8.51. The summed E-state index contributed by atoms with van der Waals surface area (Å²) >= 11 is 7.32. The van der Waals surface area contributed by atoms with Crippen LogP contribution in [0.3, 0.4) is 0 Å². The number of aliphatic hydroxyl groups excluding tert-OH is 1. The summed E-state index contributed by atoms with van der Waals surface area (Å²) in [7, 11) is 1.74. The Morgan fingerprint density at radius 3 is 2.64 bits per heavy atom. The Balaban J connectivity index is 1.64. The van der Waals surface area contributed by atoms with Crippen molar-refractivity contribution in [3.05, 3.63) is 81.9 Å². The topological polar surface area (TPSA) is 40.5 Å². The smallest absolute Gasteiger partial charge is 0.223 e. The lowest BCUT2D eigenvalue weighted by molar-refractivity contribution is -0.128.